The van der Waals surface area contributed by atoms with Crippen molar-refractivity contribution >= 4 is 22.7 Å². The third kappa shape index (κ3) is 2.37. The molecule has 0 saturated heterocycles. The second kappa shape index (κ2) is 5.73. The number of aryl methyl sites for hydroxylation is 1. The van der Waals surface area contributed by atoms with Crippen LogP contribution < -0.4 is 5.32 Å². The molecular formula is C17H18N6O2. The molecule has 0 spiro atoms. The molecule has 0 bridgehead atoms. The lowest BCUT2D eigenvalue weighted by atomic mass is 10.1. The van der Waals surface area contributed by atoms with E-state index in [4.69, 9.17) is 0 Å². The number of hydrogen-bond donors (Lipinski definition) is 1. The lowest BCUT2D eigenvalue weighted by Crippen LogP contribution is -2.46. The zero-order valence-corrected chi connectivity index (χ0v) is 14.0. The van der Waals surface area contributed by atoms with Gasteiger partial charge >= 0.3 is 0 Å². The summed E-state index contributed by atoms with van der Waals surface area (Å²) in [4.78, 5) is 31.1. The molecule has 2 amide bonds. The Bertz CT molecular complexity index is 973. The first-order valence-corrected chi connectivity index (χ1v) is 8.03. The summed E-state index contributed by atoms with van der Waals surface area (Å²) >= 11 is 0. The highest BCUT2D eigenvalue weighted by atomic mass is 16.2. The first-order chi connectivity index (χ1) is 12.1. The number of hydrogen-bond acceptors (Lipinski definition) is 4. The van der Waals surface area contributed by atoms with Crippen molar-refractivity contribution in [1.29, 1.82) is 0 Å². The molecule has 3 heterocycles. The van der Waals surface area contributed by atoms with Crippen molar-refractivity contribution in [2.45, 2.75) is 12.6 Å². The maximum atomic E-state index is 13.1. The number of amides is 2. The highest BCUT2D eigenvalue weighted by Crippen LogP contribution is 2.25. The number of imidazole rings is 1. The fraction of sp³-hybridized carbons (Fsp3) is 0.294. The number of carbonyl (C=O) groups is 2. The SMILES string of the molecule is CNC(=O)C1CN(C(=O)c2nn(C)c3ccccc23)Cc2cncn21. The summed E-state index contributed by atoms with van der Waals surface area (Å²) < 4.78 is 3.52. The highest BCUT2D eigenvalue weighted by molar-refractivity contribution is 6.05. The monoisotopic (exact) mass is 338 g/mol. The molecule has 25 heavy (non-hydrogen) atoms. The first kappa shape index (κ1) is 15.4. The summed E-state index contributed by atoms with van der Waals surface area (Å²) in [6.45, 7) is 0.685. The number of likely N-dealkylation sites (N-methyl/N-ethyl adjacent to an activating group) is 1. The summed E-state index contributed by atoms with van der Waals surface area (Å²) in [5.74, 6) is -0.333. The van der Waals surface area contributed by atoms with Gasteiger partial charge in [-0.1, -0.05) is 18.2 Å². The van der Waals surface area contributed by atoms with E-state index in [9.17, 15) is 9.59 Å². The quantitative estimate of drug-likeness (QED) is 0.746. The van der Waals surface area contributed by atoms with Gasteiger partial charge in [0.25, 0.3) is 5.91 Å². The van der Waals surface area contributed by atoms with Gasteiger partial charge in [-0.2, -0.15) is 5.10 Å². The number of carbonyl (C=O) groups excluding carboxylic acids is 2. The molecule has 1 unspecified atom stereocenters. The Kier molecular flexibility index (Phi) is 3.52. The van der Waals surface area contributed by atoms with E-state index in [1.807, 2.05) is 35.9 Å². The number of nitrogens with one attached hydrogen (secondary N) is 1. The van der Waals surface area contributed by atoms with Gasteiger partial charge in [0.05, 0.1) is 30.6 Å². The van der Waals surface area contributed by atoms with E-state index < -0.39 is 6.04 Å². The predicted octanol–water partition coefficient (Wildman–Crippen LogP) is 0.713. The van der Waals surface area contributed by atoms with Crippen LogP contribution >= 0.6 is 0 Å². The standard InChI is InChI=1S/C17H18N6O2/c1-18-16(24)14-9-22(8-11-7-19-10-23(11)14)17(25)15-12-5-3-4-6-13(12)21(2)20-15/h3-7,10,14H,8-9H2,1-2H3,(H,18,24). The summed E-state index contributed by atoms with van der Waals surface area (Å²) in [5, 5.41) is 7.86. The Labute approximate surface area is 144 Å². The van der Waals surface area contributed by atoms with Crippen LogP contribution in [0.2, 0.25) is 0 Å². The summed E-state index contributed by atoms with van der Waals surface area (Å²) in [6, 6.07) is 7.13. The fourth-order valence-corrected chi connectivity index (χ4v) is 3.34. The number of para-hydroxylation sites is 1. The van der Waals surface area contributed by atoms with Gasteiger partial charge in [0, 0.05) is 25.7 Å². The molecule has 1 aromatic carbocycles. The average molecular weight is 338 g/mol. The molecule has 2 aromatic heterocycles. The van der Waals surface area contributed by atoms with Gasteiger partial charge in [-0.05, 0) is 6.07 Å². The molecule has 8 heteroatoms. The van der Waals surface area contributed by atoms with Crippen molar-refractivity contribution in [3.63, 3.8) is 0 Å². The Morgan fingerprint density at radius 1 is 1.28 bits per heavy atom. The van der Waals surface area contributed by atoms with E-state index in [1.165, 1.54) is 0 Å². The van der Waals surface area contributed by atoms with E-state index in [-0.39, 0.29) is 18.4 Å². The van der Waals surface area contributed by atoms with Crippen molar-refractivity contribution in [3.05, 3.63) is 48.2 Å². The number of benzene rings is 1. The van der Waals surface area contributed by atoms with E-state index in [0.717, 1.165) is 16.6 Å². The van der Waals surface area contributed by atoms with Crippen molar-refractivity contribution in [3.8, 4) is 0 Å². The van der Waals surface area contributed by atoms with Gasteiger partial charge in [0.2, 0.25) is 5.91 Å². The molecule has 0 aliphatic carbocycles. The van der Waals surface area contributed by atoms with E-state index in [2.05, 4.69) is 15.4 Å². The predicted molar refractivity (Wildman–Crippen MR) is 90.8 cm³/mol. The topological polar surface area (TPSA) is 85.1 Å². The van der Waals surface area contributed by atoms with E-state index >= 15 is 0 Å². The largest absolute Gasteiger partial charge is 0.357 e. The van der Waals surface area contributed by atoms with Crippen LogP contribution in [0.5, 0.6) is 0 Å². The molecule has 1 N–H and O–H groups in total. The summed E-state index contributed by atoms with van der Waals surface area (Å²) in [6.07, 6.45) is 3.32. The number of rotatable bonds is 2. The normalized spacial score (nSPS) is 16.7. The van der Waals surface area contributed by atoms with Crippen LogP contribution in [0.1, 0.15) is 22.2 Å². The highest BCUT2D eigenvalue weighted by Gasteiger charge is 2.33. The Morgan fingerprint density at radius 2 is 2.08 bits per heavy atom. The zero-order chi connectivity index (χ0) is 17.6. The maximum absolute atomic E-state index is 13.1. The number of aromatic nitrogens is 4. The molecular weight excluding hydrogens is 320 g/mol. The molecule has 0 radical (unpaired) electrons. The molecule has 1 aliphatic rings. The van der Waals surface area contributed by atoms with Crippen LogP contribution in [0.25, 0.3) is 10.9 Å². The average Bonchev–Trinajstić information content (AvgIpc) is 3.24. The minimum absolute atomic E-state index is 0.150. The summed E-state index contributed by atoms with van der Waals surface area (Å²) in [7, 11) is 3.41. The second-order valence-corrected chi connectivity index (χ2v) is 6.10. The van der Waals surface area contributed by atoms with Crippen molar-refractivity contribution < 1.29 is 9.59 Å². The Morgan fingerprint density at radius 3 is 2.88 bits per heavy atom. The third-order valence-electron chi connectivity index (χ3n) is 4.62. The van der Waals surface area contributed by atoms with Crippen LogP contribution in [0.3, 0.4) is 0 Å². The lowest BCUT2D eigenvalue weighted by molar-refractivity contribution is -0.124. The molecule has 4 rings (SSSR count). The van der Waals surface area contributed by atoms with Gasteiger partial charge < -0.3 is 14.8 Å². The van der Waals surface area contributed by atoms with Crippen LogP contribution in [0, 0.1) is 0 Å². The van der Waals surface area contributed by atoms with Crippen molar-refractivity contribution in [2.24, 2.45) is 7.05 Å². The van der Waals surface area contributed by atoms with Crippen molar-refractivity contribution in [1.82, 2.24) is 29.5 Å². The van der Waals surface area contributed by atoms with Gasteiger partial charge in [-0.25, -0.2) is 4.98 Å². The van der Waals surface area contributed by atoms with Gasteiger partial charge in [0.1, 0.15) is 6.04 Å². The first-order valence-electron chi connectivity index (χ1n) is 8.03. The third-order valence-corrected chi connectivity index (χ3v) is 4.62. The minimum atomic E-state index is -0.491. The Balaban J connectivity index is 1.72. The zero-order valence-electron chi connectivity index (χ0n) is 14.0. The lowest BCUT2D eigenvalue weighted by Gasteiger charge is -2.33. The molecule has 0 saturated carbocycles. The minimum Gasteiger partial charge on any atom is -0.357 e. The smallest absolute Gasteiger partial charge is 0.275 e. The van der Waals surface area contributed by atoms with Crippen LogP contribution in [-0.2, 0) is 18.4 Å². The molecule has 1 atom stereocenters. The van der Waals surface area contributed by atoms with Gasteiger partial charge in [0.15, 0.2) is 5.69 Å². The molecule has 8 nitrogen and oxygen atoms in total. The fourth-order valence-electron chi connectivity index (χ4n) is 3.34. The van der Waals surface area contributed by atoms with Crippen molar-refractivity contribution in [2.75, 3.05) is 13.6 Å². The number of fused-ring (bicyclic) bond motifs is 2. The van der Waals surface area contributed by atoms with Crippen LogP contribution in [0.4, 0.5) is 0 Å². The maximum Gasteiger partial charge on any atom is 0.275 e. The van der Waals surface area contributed by atoms with E-state index in [0.29, 0.717) is 12.2 Å². The molecule has 3 aromatic rings. The van der Waals surface area contributed by atoms with Crippen LogP contribution in [-0.4, -0.2) is 49.6 Å². The molecule has 1 aliphatic heterocycles. The van der Waals surface area contributed by atoms with Crippen LogP contribution in [0.15, 0.2) is 36.8 Å². The number of nitrogens with zero attached hydrogens (tertiary/aromatic N) is 5. The van der Waals surface area contributed by atoms with Gasteiger partial charge in [-0.3, -0.25) is 14.3 Å². The van der Waals surface area contributed by atoms with Gasteiger partial charge in [-0.15, -0.1) is 0 Å². The van der Waals surface area contributed by atoms with E-state index in [1.54, 1.807) is 29.2 Å². The Hall–Kier alpha value is -3.16. The molecule has 0 fully saturated rings. The summed E-state index contributed by atoms with van der Waals surface area (Å²) in [5.41, 5.74) is 2.13. The second-order valence-electron chi connectivity index (χ2n) is 6.10. The molecule has 128 valence electrons.